The van der Waals surface area contributed by atoms with Gasteiger partial charge >= 0.3 is 5.97 Å². The SMILES string of the molecule is CCOc1ccc(S(=O)(=O)NCCC(=O)OC(C)C(=O)N2CCCCCC2)cc1. The maximum absolute atomic E-state index is 12.4. The molecule has 1 aromatic carbocycles. The van der Waals surface area contributed by atoms with Gasteiger partial charge in [-0.2, -0.15) is 0 Å². The number of sulfonamides is 1. The minimum atomic E-state index is -3.74. The Morgan fingerprint density at radius 1 is 1.10 bits per heavy atom. The fourth-order valence-corrected chi connectivity index (χ4v) is 4.14. The predicted octanol–water partition coefficient (Wildman–Crippen LogP) is 2.09. The maximum Gasteiger partial charge on any atom is 0.307 e. The quantitative estimate of drug-likeness (QED) is 0.607. The monoisotopic (exact) mass is 426 g/mol. The summed E-state index contributed by atoms with van der Waals surface area (Å²) in [4.78, 5) is 26.2. The standard InChI is InChI=1S/C20H30N2O6S/c1-3-27-17-8-10-18(11-9-17)29(25,26)21-13-12-19(23)28-16(2)20(24)22-14-6-4-5-7-15-22/h8-11,16,21H,3-7,12-15H2,1-2H3. The molecule has 0 saturated carbocycles. The van der Waals surface area contributed by atoms with Crippen LogP contribution < -0.4 is 9.46 Å². The van der Waals surface area contributed by atoms with Gasteiger partial charge in [0.15, 0.2) is 6.10 Å². The number of esters is 1. The first-order valence-electron chi connectivity index (χ1n) is 10.0. The average molecular weight is 427 g/mol. The molecule has 1 fully saturated rings. The van der Waals surface area contributed by atoms with E-state index >= 15 is 0 Å². The first kappa shape index (κ1) is 23.2. The van der Waals surface area contributed by atoms with Crippen molar-refractivity contribution in [1.82, 2.24) is 9.62 Å². The normalized spacial score (nSPS) is 16.0. The molecule has 9 heteroatoms. The topological polar surface area (TPSA) is 102 Å². The zero-order valence-corrected chi connectivity index (χ0v) is 17.9. The summed E-state index contributed by atoms with van der Waals surface area (Å²) in [7, 11) is -3.74. The molecule has 0 radical (unpaired) electrons. The lowest BCUT2D eigenvalue weighted by molar-refractivity contribution is -0.159. The first-order valence-corrected chi connectivity index (χ1v) is 11.5. The highest BCUT2D eigenvalue weighted by Crippen LogP contribution is 2.16. The van der Waals surface area contributed by atoms with Crippen LogP contribution in [0.4, 0.5) is 0 Å². The third kappa shape index (κ3) is 7.32. The van der Waals surface area contributed by atoms with Gasteiger partial charge in [-0.05, 0) is 51.0 Å². The molecular formula is C20H30N2O6S. The molecule has 0 spiro atoms. The van der Waals surface area contributed by atoms with Crippen molar-refractivity contribution in [2.45, 2.75) is 57.0 Å². The van der Waals surface area contributed by atoms with Gasteiger partial charge in [-0.3, -0.25) is 9.59 Å². The molecule has 0 bridgehead atoms. The summed E-state index contributed by atoms with van der Waals surface area (Å²) >= 11 is 0. The molecule has 1 heterocycles. The predicted molar refractivity (Wildman–Crippen MR) is 108 cm³/mol. The molecule has 162 valence electrons. The van der Waals surface area contributed by atoms with E-state index in [9.17, 15) is 18.0 Å². The van der Waals surface area contributed by atoms with Crippen LogP contribution in [-0.2, 0) is 24.3 Å². The molecule has 29 heavy (non-hydrogen) atoms. The number of rotatable bonds is 9. The van der Waals surface area contributed by atoms with E-state index in [1.807, 2.05) is 6.92 Å². The van der Waals surface area contributed by atoms with Crippen molar-refractivity contribution >= 4 is 21.9 Å². The summed E-state index contributed by atoms with van der Waals surface area (Å²) in [5.41, 5.74) is 0. The van der Waals surface area contributed by atoms with Gasteiger partial charge in [-0.15, -0.1) is 0 Å². The van der Waals surface area contributed by atoms with Gasteiger partial charge in [0, 0.05) is 19.6 Å². The van der Waals surface area contributed by atoms with E-state index in [4.69, 9.17) is 9.47 Å². The maximum atomic E-state index is 12.4. The molecule has 1 amide bonds. The summed E-state index contributed by atoms with van der Waals surface area (Å²) < 4.78 is 37.4. The largest absolute Gasteiger partial charge is 0.494 e. The van der Waals surface area contributed by atoms with Crippen LogP contribution in [0.1, 0.15) is 46.0 Å². The van der Waals surface area contributed by atoms with Crippen LogP contribution in [0.3, 0.4) is 0 Å². The van der Waals surface area contributed by atoms with Crippen molar-refractivity contribution < 1.29 is 27.5 Å². The number of carbonyl (C=O) groups excluding carboxylic acids is 2. The summed E-state index contributed by atoms with van der Waals surface area (Å²) in [5, 5.41) is 0. The summed E-state index contributed by atoms with van der Waals surface area (Å²) in [6.45, 7) is 5.14. The van der Waals surface area contributed by atoms with Crippen molar-refractivity contribution in [2.24, 2.45) is 0 Å². The van der Waals surface area contributed by atoms with E-state index in [2.05, 4.69) is 4.72 Å². The lowest BCUT2D eigenvalue weighted by Gasteiger charge is -2.24. The Balaban J connectivity index is 1.78. The highest BCUT2D eigenvalue weighted by Gasteiger charge is 2.24. The van der Waals surface area contributed by atoms with Gasteiger partial charge < -0.3 is 14.4 Å². The van der Waals surface area contributed by atoms with Crippen LogP contribution in [0.5, 0.6) is 5.75 Å². The Morgan fingerprint density at radius 3 is 2.31 bits per heavy atom. The molecule has 1 unspecified atom stereocenters. The van der Waals surface area contributed by atoms with Crippen LogP contribution in [0.15, 0.2) is 29.2 Å². The first-order chi connectivity index (χ1) is 13.8. The van der Waals surface area contributed by atoms with Gasteiger partial charge in [0.2, 0.25) is 10.0 Å². The molecule has 1 atom stereocenters. The lowest BCUT2D eigenvalue weighted by Crippen LogP contribution is -2.40. The van der Waals surface area contributed by atoms with E-state index in [1.165, 1.54) is 12.1 Å². The Hall–Kier alpha value is -2.13. The minimum absolute atomic E-state index is 0.0824. The molecule has 1 aliphatic rings. The summed E-state index contributed by atoms with van der Waals surface area (Å²) in [6, 6.07) is 6.02. The van der Waals surface area contributed by atoms with Crippen molar-refractivity contribution in [3.8, 4) is 5.75 Å². The third-order valence-corrected chi connectivity index (χ3v) is 6.12. The number of ether oxygens (including phenoxy) is 2. The second-order valence-corrected chi connectivity index (χ2v) is 8.69. The number of likely N-dealkylation sites (tertiary alicyclic amines) is 1. The zero-order chi connectivity index (χ0) is 21.3. The molecule has 1 N–H and O–H groups in total. The van der Waals surface area contributed by atoms with Crippen molar-refractivity contribution in [1.29, 1.82) is 0 Å². The molecule has 2 rings (SSSR count). The van der Waals surface area contributed by atoms with E-state index in [0.717, 1.165) is 25.7 Å². The molecular weight excluding hydrogens is 396 g/mol. The smallest absolute Gasteiger partial charge is 0.307 e. The number of benzene rings is 1. The Morgan fingerprint density at radius 2 is 1.72 bits per heavy atom. The number of carbonyl (C=O) groups is 2. The van der Waals surface area contributed by atoms with Crippen molar-refractivity contribution in [2.75, 3.05) is 26.2 Å². The fraction of sp³-hybridized carbons (Fsp3) is 0.600. The Labute approximate surface area is 172 Å². The van der Waals surface area contributed by atoms with Gasteiger partial charge in [-0.1, -0.05) is 12.8 Å². The van der Waals surface area contributed by atoms with E-state index < -0.39 is 22.1 Å². The highest BCUT2D eigenvalue weighted by atomic mass is 32.2. The van der Waals surface area contributed by atoms with E-state index in [0.29, 0.717) is 25.4 Å². The molecule has 0 aliphatic carbocycles. The summed E-state index contributed by atoms with van der Waals surface area (Å²) in [6.07, 6.45) is 3.09. The fourth-order valence-electron chi connectivity index (χ4n) is 3.11. The van der Waals surface area contributed by atoms with Gasteiger partial charge in [0.25, 0.3) is 5.91 Å². The minimum Gasteiger partial charge on any atom is -0.494 e. The van der Waals surface area contributed by atoms with Gasteiger partial charge in [-0.25, -0.2) is 13.1 Å². The van der Waals surface area contributed by atoms with Crippen LogP contribution in [0.2, 0.25) is 0 Å². The van der Waals surface area contributed by atoms with Crippen LogP contribution in [-0.4, -0.2) is 57.5 Å². The van der Waals surface area contributed by atoms with Crippen LogP contribution >= 0.6 is 0 Å². The summed E-state index contributed by atoms with van der Waals surface area (Å²) in [5.74, 6) is -0.233. The number of hydrogen-bond donors (Lipinski definition) is 1. The Kier molecular flexibility index (Phi) is 8.91. The average Bonchev–Trinajstić information content (AvgIpc) is 2.97. The van der Waals surface area contributed by atoms with E-state index in [-0.39, 0.29) is 23.8 Å². The number of amides is 1. The molecule has 8 nitrogen and oxygen atoms in total. The molecule has 1 saturated heterocycles. The van der Waals surface area contributed by atoms with Gasteiger partial charge in [0.05, 0.1) is 17.9 Å². The van der Waals surface area contributed by atoms with Crippen LogP contribution in [0, 0.1) is 0 Å². The molecule has 1 aliphatic heterocycles. The van der Waals surface area contributed by atoms with Crippen molar-refractivity contribution in [3.05, 3.63) is 24.3 Å². The second-order valence-electron chi connectivity index (χ2n) is 6.92. The van der Waals surface area contributed by atoms with Crippen LogP contribution in [0.25, 0.3) is 0 Å². The van der Waals surface area contributed by atoms with E-state index in [1.54, 1.807) is 24.0 Å². The number of nitrogens with one attached hydrogen (secondary N) is 1. The zero-order valence-electron chi connectivity index (χ0n) is 17.1. The highest BCUT2D eigenvalue weighted by molar-refractivity contribution is 7.89. The Bertz CT molecular complexity index is 771. The molecule has 0 aromatic heterocycles. The number of nitrogens with zero attached hydrogens (tertiary/aromatic N) is 1. The van der Waals surface area contributed by atoms with Crippen molar-refractivity contribution in [3.63, 3.8) is 0 Å². The second kappa shape index (κ2) is 11.2. The lowest BCUT2D eigenvalue weighted by atomic mass is 10.2. The molecule has 1 aromatic rings. The van der Waals surface area contributed by atoms with Gasteiger partial charge in [0.1, 0.15) is 5.75 Å². The third-order valence-electron chi connectivity index (χ3n) is 4.64. The number of hydrogen-bond acceptors (Lipinski definition) is 6.